The second kappa shape index (κ2) is 15.5. The van der Waals surface area contributed by atoms with E-state index >= 15 is 17.6 Å². The van der Waals surface area contributed by atoms with Gasteiger partial charge in [-0.15, -0.1) is 0 Å². The van der Waals surface area contributed by atoms with E-state index in [0.29, 0.717) is 45.4 Å². The normalized spacial score (nSPS) is 15.9. The maximum Gasteiger partial charge on any atom is 0 e. The SMILES string of the molecule is CC1(C)CN(c2c(F)cc(F)cc2F)[C@H]([C@H](Oc2ccccc2[CH]=[Ru+])Sc2c([S-])ccc3ccc4ccccc4c23)N1c1c(F)cc(F)cc1F.[Pr]. The summed E-state index contributed by atoms with van der Waals surface area (Å²) in [4.78, 5) is 3.63. The molecule has 0 aromatic heterocycles. The third kappa shape index (κ3) is 7.23. The minimum absolute atomic E-state index is 0. The Morgan fingerprint density at radius 2 is 1.35 bits per heavy atom. The molecule has 1 aliphatic rings. The second-order valence-electron chi connectivity index (χ2n) is 12.7. The van der Waals surface area contributed by atoms with Crippen LogP contribution in [-0.2, 0) is 30.5 Å². The Balaban J connectivity index is 0.00000464. The Kier molecular flexibility index (Phi) is 11.6. The molecule has 0 bridgehead atoms. The molecule has 1 radical (unpaired) electrons. The topological polar surface area (TPSA) is 15.7 Å². The standard InChI is InChI=1S/C39H28F6N2OS2.Pr.Ru/c1-21-8-4-7-11-31(21)48-38(50-36-32(49)15-14-23-13-12-22-9-5-6-10-26(22)33(23)36)37-46(34-27(42)16-24(40)17-28(34)43)20-39(2,3)47(37)35-29(44)18-25(41)19-30(35)45;;/h1,4-19,37-38,49H,20H2,2-3H3;;/q;;+1/p-1/t37-,38+;;/m0../s1. The van der Waals surface area contributed by atoms with Crippen molar-refractivity contribution in [2.45, 2.75) is 40.8 Å². The molecule has 2 atom stereocenters. The first-order valence-electron chi connectivity index (χ1n) is 15.7. The van der Waals surface area contributed by atoms with Crippen LogP contribution in [0.25, 0.3) is 21.5 Å². The van der Waals surface area contributed by atoms with E-state index < -0.39 is 63.4 Å². The summed E-state index contributed by atoms with van der Waals surface area (Å²) in [5, 5.41) is 3.47. The molecule has 13 heteroatoms. The van der Waals surface area contributed by atoms with Crippen molar-refractivity contribution in [1.29, 1.82) is 0 Å². The molecule has 1 saturated heterocycles. The number of thioether (sulfide) groups is 1. The van der Waals surface area contributed by atoms with E-state index in [1.165, 1.54) is 9.80 Å². The van der Waals surface area contributed by atoms with Crippen LogP contribution in [0.2, 0.25) is 0 Å². The van der Waals surface area contributed by atoms with Crippen LogP contribution in [0.3, 0.4) is 0 Å². The first kappa shape index (κ1) is 39.0. The number of hydrogen-bond acceptors (Lipinski definition) is 5. The average Bonchev–Trinajstić information content (AvgIpc) is 3.34. The number of rotatable bonds is 8. The number of nitrogens with zero attached hydrogens (tertiary/aromatic N) is 2. The molecule has 0 spiro atoms. The van der Waals surface area contributed by atoms with Crippen molar-refractivity contribution in [2.75, 3.05) is 16.3 Å². The third-order valence-electron chi connectivity index (χ3n) is 8.86. The fourth-order valence-electron chi connectivity index (χ4n) is 6.79. The van der Waals surface area contributed by atoms with E-state index in [2.05, 4.69) is 17.9 Å². The summed E-state index contributed by atoms with van der Waals surface area (Å²) in [5.74, 6) is -6.82. The molecule has 6 aromatic rings. The van der Waals surface area contributed by atoms with Crippen LogP contribution in [0.4, 0.5) is 37.7 Å². The summed E-state index contributed by atoms with van der Waals surface area (Å²) >= 11 is 9.44. The van der Waals surface area contributed by atoms with Crippen LogP contribution >= 0.6 is 11.8 Å². The minimum Gasteiger partial charge on any atom is 0 e. The number of benzene rings is 6. The van der Waals surface area contributed by atoms with Crippen molar-refractivity contribution < 1.29 is 90.2 Å². The molecule has 7 rings (SSSR count). The summed E-state index contributed by atoms with van der Waals surface area (Å²) in [7, 11) is 0. The number of ether oxygens (including phenoxy) is 1. The van der Waals surface area contributed by atoms with Gasteiger partial charge in [-0.2, -0.15) is 0 Å². The van der Waals surface area contributed by atoms with Gasteiger partial charge in [0.2, 0.25) is 0 Å². The molecular weight excluding hydrogens is 933 g/mol. The predicted octanol–water partition coefficient (Wildman–Crippen LogP) is 10.1. The van der Waals surface area contributed by atoms with Gasteiger partial charge in [0.25, 0.3) is 0 Å². The Bertz CT molecular complexity index is 2300. The first-order valence-corrected chi connectivity index (χ1v) is 18.0. The van der Waals surface area contributed by atoms with Gasteiger partial charge >= 0.3 is 311 Å². The molecule has 1 aliphatic heterocycles. The number of anilines is 2. The van der Waals surface area contributed by atoms with E-state index in [-0.39, 0.29) is 47.8 Å². The summed E-state index contributed by atoms with van der Waals surface area (Å²) in [5.41, 5.74) is -3.11. The van der Waals surface area contributed by atoms with Gasteiger partial charge in [-0.3, -0.25) is 0 Å². The molecule has 0 saturated carbocycles. The molecule has 264 valence electrons. The minimum atomic E-state index is -1.40. The summed E-state index contributed by atoms with van der Waals surface area (Å²) in [6, 6.07) is 24.6. The summed E-state index contributed by atoms with van der Waals surface area (Å²) < 4.78 is 101. The molecule has 52 heavy (non-hydrogen) atoms. The van der Waals surface area contributed by atoms with Gasteiger partial charge < -0.3 is 0 Å². The first-order chi connectivity index (χ1) is 24.4. The van der Waals surface area contributed by atoms with E-state index in [1.807, 2.05) is 42.5 Å². The van der Waals surface area contributed by atoms with Gasteiger partial charge in [0, 0.05) is 41.3 Å². The molecule has 0 aliphatic carbocycles. The molecule has 0 N–H and O–H groups in total. The van der Waals surface area contributed by atoms with E-state index in [0.717, 1.165) is 33.3 Å². The maximum atomic E-state index is 15.9. The molecule has 3 nitrogen and oxygen atoms in total. The van der Waals surface area contributed by atoms with Gasteiger partial charge in [0.15, 0.2) is 0 Å². The quantitative estimate of drug-likeness (QED) is 0.0376. The monoisotopic (exact) mass is 960 g/mol. The van der Waals surface area contributed by atoms with Crippen molar-refractivity contribution in [2.24, 2.45) is 0 Å². The van der Waals surface area contributed by atoms with Crippen LogP contribution in [-0.4, -0.2) is 28.3 Å². The fourth-order valence-corrected chi connectivity index (χ4v) is 8.83. The van der Waals surface area contributed by atoms with Crippen molar-refractivity contribution in [3.8, 4) is 5.75 Å². The largest absolute Gasteiger partial charge is 0 e. The fraction of sp³-hybridized carbons (Fsp3) is 0.154. The van der Waals surface area contributed by atoms with E-state index in [4.69, 9.17) is 17.4 Å². The van der Waals surface area contributed by atoms with Crippen molar-refractivity contribution >= 4 is 61.9 Å². The summed E-state index contributed by atoms with van der Waals surface area (Å²) in [6.45, 7) is 3.07. The van der Waals surface area contributed by atoms with Crippen LogP contribution < -0.4 is 14.5 Å². The van der Waals surface area contributed by atoms with Gasteiger partial charge in [-0.05, 0) is 0 Å². The van der Waals surface area contributed by atoms with Gasteiger partial charge in [-0.1, -0.05) is 0 Å². The third-order valence-corrected chi connectivity index (χ3v) is 11.1. The van der Waals surface area contributed by atoms with Crippen molar-refractivity contribution in [3.63, 3.8) is 0 Å². The number of halogens is 6. The second-order valence-corrected chi connectivity index (χ2v) is 14.7. The van der Waals surface area contributed by atoms with Crippen LogP contribution in [0.15, 0.2) is 107 Å². The van der Waals surface area contributed by atoms with Gasteiger partial charge in [-0.25, -0.2) is 0 Å². The zero-order valence-corrected chi connectivity index (χ0v) is 34.6. The van der Waals surface area contributed by atoms with Crippen molar-refractivity contribution in [1.82, 2.24) is 0 Å². The molecule has 0 unspecified atom stereocenters. The Morgan fingerprint density at radius 1 is 0.788 bits per heavy atom. The van der Waals surface area contributed by atoms with Crippen LogP contribution in [0, 0.1) is 76.2 Å². The molecule has 6 aromatic carbocycles. The Labute approximate surface area is 349 Å². The van der Waals surface area contributed by atoms with Crippen LogP contribution in [0.1, 0.15) is 19.4 Å². The predicted molar refractivity (Wildman–Crippen MR) is 189 cm³/mol. The van der Waals surface area contributed by atoms with E-state index in [9.17, 15) is 8.78 Å². The molecule has 1 fully saturated rings. The van der Waals surface area contributed by atoms with Gasteiger partial charge in [0.1, 0.15) is 0 Å². The molecule has 0 amide bonds. The zero-order valence-electron chi connectivity index (χ0n) is 27.5. The number of para-hydroxylation sites is 1. The van der Waals surface area contributed by atoms with Crippen molar-refractivity contribution in [3.05, 3.63) is 138 Å². The molecular formula is C39H27F6N2OPrRuS2. The average molecular weight is 960 g/mol. The van der Waals surface area contributed by atoms with E-state index in [1.54, 1.807) is 48.8 Å². The van der Waals surface area contributed by atoms with Crippen LogP contribution in [0.5, 0.6) is 5.75 Å². The Morgan fingerprint density at radius 3 is 2.00 bits per heavy atom. The smallest absolute Gasteiger partial charge is 0 e. The van der Waals surface area contributed by atoms with Gasteiger partial charge in [0.05, 0.1) is 0 Å². The maximum absolute atomic E-state index is 15.9. The zero-order chi connectivity index (χ0) is 36.2. The summed E-state index contributed by atoms with van der Waals surface area (Å²) in [6.07, 6.45) is -1.40. The number of hydrogen-bond donors (Lipinski definition) is 0. The Hall–Kier alpha value is -2.75. The molecule has 1 heterocycles. The number of fused-ring (bicyclic) bond motifs is 3.